The van der Waals surface area contributed by atoms with Gasteiger partial charge in [0.05, 0.1) is 39.9 Å². The van der Waals surface area contributed by atoms with Crippen molar-refractivity contribution in [3.05, 3.63) is 0 Å². The lowest BCUT2D eigenvalue weighted by Gasteiger charge is -2.30. The topological polar surface area (TPSA) is 108 Å². The molecule has 0 heterocycles. The molecule has 2 N–H and O–H groups in total. The largest absolute Gasteiger partial charge is 0.756 e. The number of rotatable bonds is 59. The first kappa shape index (κ1) is 69.5. The number of aliphatic hydroxyl groups excluding tert-OH is 1. The summed E-state index contributed by atoms with van der Waals surface area (Å²) in [4.78, 5) is 25.4. The molecule has 1 amide bonds. The Balaban J connectivity index is 3.71. The number of hydrogen-bond acceptors (Lipinski definition) is 6. The van der Waals surface area contributed by atoms with E-state index >= 15 is 0 Å². The minimum Gasteiger partial charge on any atom is -0.756 e. The van der Waals surface area contributed by atoms with Crippen molar-refractivity contribution in [3.8, 4) is 0 Å². The van der Waals surface area contributed by atoms with Gasteiger partial charge >= 0.3 is 0 Å². The number of phosphoric acid groups is 1. The number of carbonyl (C=O) groups excluding carboxylic acids is 1. The number of carbonyl (C=O) groups is 1. The lowest BCUT2D eigenvalue weighted by atomic mass is 10.0. The van der Waals surface area contributed by atoms with Gasteiger partial charge in [-0.25, -0.2) is 0 Å². The van der Waals surface area contributed by atoms with E-state index in [1.807, 2.05) is 21.1 Å². The molecule has 3 atom stereocenters. The van der Waals surface area contributed by atoms with Gasteiger partial charge in [-0.2, -0.15) is 0 Å². The van der Waals surface area contributed by atoms with E-state index in [2.05, 4.69) is 19.2 Å². The Labute approximate surface area is 438 Å². The summed E-state index contributed by atoms with van der Waals surface area (Å²) >= 11 is 0. The Kier molecular flexibility index (Phi) is 52.9. The fourth-order valence-electron chi connectivity index (χ4n) is 9.93. The number of amides is 1. The second-order valence-corrected chi connectivity index (χ2v) is 24.5. The van der Waals surface area contributed by atoms with Crippen LogP contribution in [-0.4, -0.2) is 68.5 Å². The minimum atomic E-state index is -4.56. The van der Waals surface area contributed by atoms with Crippen molar-refractivity contribution in [3.63, 3.8) is 0 Å². The van der Waals surface area contributed by atoms with Gasteiger partial charge in [-0.15, -0.1) is 0 Å². The van der Waals surface area contributed by atoms with Crippen molar-refractivity contribution < 1.29 is 32.9 Å². The van der Waals surface area contributed by atoms with E-state index in [0.717, 1.165) is 38.5 Å². The molecular weight excluding hydrogens is 888 g/mol. The third kappa shape index (κ3) is 55.3. The van der Waals surface area contributed by atoms with Crippen LogP contribution in [0.1, 0.15) is 335 Å². The van der Waals surface area contributed by atoms with Gasteiger partial charge in [0.2, 0.25) is 5.91 Å². The van der Waals surface area contributed by atoms with Gasteiger partial charge in [-0.05, 0) is 12.8 Å². The monoisotopic (exact) mass is 1010 g/mol. The highest BCUT2D eigenvalue weighted by Crippen LogP contribution is 2.38. The lowest BCUT2D eigenvalue weighted by Crippen LogP contribution is -2.46. The molecule has 0 aromatic rings. The first-order chi connectivity index (χ1) is 34.0. The second kappa shape index (κ2) is 53.3. The van der Waals surface area contributed by atoms with Crippen LogP contribution in [0, 0.1) is 0 Å². The first-order valence-electron chi connectivity index (χ1n) is 31.4. The zero-order valence-corrected chi connectivity index (χ0v) is 48.9. The van der Waals surface area contributed by atoms with Gasteiger partial charge in [0.1, 0.15) is 13.2 Å². The summed E-state index contributed by atoms with van der Waals surface area (Å²) in [5.74, 6) is -0.159. The molecule has 420 valence electrons. The van der Waals surface area contributed by atoms with Crippen molar-refractivity contribution in [2.24, 2.45) is 0 Å². The van der Waals surface area contributed by atoms with E-state index in [-0.39, 0.29) is 19.1 Å². The van der Waals surface area contributed by atoms with Crippen molar-refractivity contribution >= 4 is 13.7 Å². The first-order valence-corrected chi connectivity index (χ1v) is 32.8. The highest BCUT2D eigenvalue weighted by molar-refractivity contribution is 7.45. The molecule has 0 bridgehead atoms. The van der Waals surface area contributed by atoms with E-state index in [4.69, 9.17) is 9.05 Å². The van der Waals surface area contributed by atoms with Gasteiger partial charge in [-0.1, -0.05) is 316 Å². The molecule has 0 aliphatic rings. The van der Waals surface area contributed by atoms with Crippen LogP contribution in [0.15, 0.2) is 0 Å². The molecule has 0 radical (unpaired) electrons. The summed E-state index contributed by atoms with van der Waals surface area (Å²) in [5, 5.41) is 13.9. The maximum Gasteiger partial charge on any atom is 0.268 e. The normalized spacial score (nSPS) is 13.8. The highest BCUT2D eigenvalue weighted by atomic mass is 31.2. The molecule has 0 aliphatic carbocycles. The SMILES string of the molecule is CCCCCCCCCCCCCCCCCCCCCCCCCCCCCCCCCCCCCCCCCC(=O)NC(COP(=O)([O-])OCC[N+](C)(C)C)C(O)CCCCCCCCCCC. The number of aliphatic hydroxyl groups is 1. The highest BCUT2D eigenvalue weighted by Gasteiger charge is 2.24. The molecule has 0 aromatic carbocycles. The Bertz CT molecular complexity index is 1100. The quantitative estimate of drug-likeness (QED) is 0.0357. The second-order valence-electron chi connectivity index (χ2n) is 23.1. The van der Waals surface area contributed by atoms with Gasteiger partial charge < -0.3 is 28.8 Å². The van der Waals surface area contributed by atoms with E-state index in [1.54, 1.807) is 0 Å². The summed E-state index contributed by atoms with van der Waals surface area (Å²) < 4.78 is 23.3. The third-order valence-corrected chi connectivity index (χ3v) is 15.8. The van der Waals surface area contributed by atoms with Crippen LogP contribution >= 0.6 is 7.82 Å². The Morgan fingerprint density at radius 1 is 0.443 bits per heavy atom. The summed E-state index contributed by atoms with van der Waals surface area (Å²) in [6, 6.07) is -0.793. The van der Waals surface area contributed by atoms with Crippen LogP contribution in [0.25, 0.3) is 0 Å². The average molecular weight is 1010 g/mol. The van der Waals surface area contributed by atoms with Crippen LogP contribution in [0.2, 0.25) is 0 Å². The average Bonchev–Trinajstić information content (AvgIpc) is 3.32. The molecule has 0 rings (SSSR count). The maximum atomic E-state index is 12.9. The smallest absolute Gasteiger partial charge is 0.268 e. The fourth-order valence-corrected chi connectivity index (χ4v) is 10.7. The zero-order chi connectivity index (χ0) is 51.3. The molecule has 0 saturated carbocycles. The standard InChI is InChI=1S/C61H125N2O6P/c1-6-8-10-12-14-16-17-18-19-20-21-22-23-24-25-26-27-28-29-30-31-32-33-34-35-36-37-38-39-40-41-42-43-44-45-47-49-51-53-55-61(65)62-59(58-69-70(66,67)68-57-56-63(3,4)5)60(64)54-52-50-48-46-15-13-11-9-7-2/h59-60,64H,6-58H2,1-5H3,(H-,62,65,66,67). The van der Waals surface area contributed by atoms with Crippen molar-refractivity contribution in [2.45, 2.75) is 347 Å². The van der Waals surface area contributed by atoms with E-state index in [9.17, 15) is 19.4 Å². The maximum absolute atomic E-state index is 12.9. The predicted molar refractivity (Wildman–Crippen MR) is 303 cm³/mol. The Hall–Kier alpha value is -0.500. The molecule has 0 saturated heterocycles. The van der Waals surface area contributed by atoms with Crippen LogP contribution in [-0.2, 0) is 18.4 Å². The van der Waals surface area contributed by atoms with Gasteiger partial charge in [0.15, 0.2) is 0 Å². The van der Waals surface area contributed by atoms with E-state index in [0.29, 0.717) is 23.9 Å². The van der Waals surface area contributed by atoms with E-state index in [1.165, 1.54) is 270 Å². The van der Waals surface area contributed by atoms with Crippen molar-refractivity contribution in [2.75, 3.05) is 40.9 Å². The summed E-state index contributed by atoms with van der Waals surface area (Å²) in [5.41, 5.74) is 0. The molecule has 0 fully saturated rings. The molecule has 0 spiro atoms. The number of nitrogens with zero attached hydrogens (tertiary/aromatic N) is 1. The van der Waals surface area contributed by atoms with Crippen LogP contribution in [0.5, 0.6) is 0 Å². The lowest BCUT2D eigenvalue weighted by molar-refractivity contribution is -0.870. The number of nitrogens with one attached hydrogen (secondary N) is 1. The number of unbranched alkanes of at least 4 members (excludes halogenated alkanes) is 46. The van der Waals surface area contributed by atoms with Crippen molar-refractivity contribution in [1.82, 2.24) is 5.32 Å². The van der Waals surface area contributed by atoms with Gasteiger partial charge in [-0.3, -0.25) is 9.36 Å². The summed E-state index contributed by atoms with van der Waals surface area (Å²) in [6.07, 6.45) is 64.9. The molecule has 70 heavy (non-hydrogen) atoms. The molecule has 3 unspecified atom stereocenters. The molecule has 9 heteroatoms. The van der Waals surface area contributed by atoms with Gasteiger partial charge in [0.25, 0.3) is 7.82 Å². The Morgan fingerprint density at radius 3 is 0.971 bits per heavy atom. The van der Waals surface area contributed by atoms with E-state index < -0.39 is 20.0 Å². The summed E-state index contributed by atoms with van der Waals surface area (Å²) in [7, 11) is 1.32. The zero-order valence-electron chi connectivity index (χ0n) is 48.0. The fraction of sp³-hybridized carbons (Fsp3) is 0.984. The molecule has 0 aromatic heterocycles. The Morgan fingerprint density at radius 2 is 0.700 bits per heavy atom. The van der Waals surface area contributed by atoms with Crippen molar-refractivity contribution in [1.29, 1.82) is 0 Å². The van der Waals surface area contributed by atoms with Gasteiger partial charge in [0, 0.05) is 6.42 Å². The number of quaternary nitrogens is 1. The predicted octanol–water partition coefficient (Wildman–Crippen LogP) is 18.6. The number of hydrogen-bond donors (Lipinski definition) is 2. The minimum absolute atomic E-state index is 0.0160. The summed E-state index contributed by atoms with van der Waals surface area (Å²) in [6.45, 7) is 4.74. The molecular formula is C61H125N2O6P. The third-order valence-electron chi connectivity index (χ3n) is 14.8. The van der Waals surface area contributed by atoms with Crippen LogP contribution < -0.4 is 10.2 Å². The number of likely N-dealkylation sites (N-methyl/N-ethyl adjacent to an activating group) is 1. The molecule has 8 nitrogen and oxygen atoms in total. The van der Waals surface area contributed by atoms with Crippen LogP contribution in [0.4, 0.5) is 0 Å². The number of phosphoric ester groups is 1. The van der Waals surface area contributed by atoms with Crippen LogP contribution in [0.3, 0.4) is 0 Å². The molecule has 0 aliphatic heterocycles.